The van der Waals surface area contributed by atoms with Gasteiger partial charge in [0.25, 0.3) is 0 Å². The largest absolute Gasteiger partial charge is 0.491 e. The van der Waals surface area contributed by atoms with Crippen LogP contribution in [0.1, 0.15) is 25.0 Å². The zero-order chi connectivity index (χ0) is 18.8. The number of hydrogen-bond acceptors (Lipinski definition) is 6. The van der Waals surface area contributed by atoms with Crippen LogP contribution in [0.15, 0.2) is 36.5 Å². The minimum atomic E-state index is -0.815. The van der Waals surface area contributed by atoms with Crippen molar-refractivity contribution in [3.05, 3.63) is 47.7 Å². The van der Waals surface area contributed by atoms with Crippen LogP contribution in [0.5, 0.6) is 5.75 Å². The molecular weight excluding hydrogens is 348 g/mol. The monoisotopic (exact) mass is 372 g/mol. The average molecular weight is 372 g/mol. The fraction of sp³-hybridized carbons (Fsp3) is 0.368. The number of anilines is 2. The number of nitrogens with zero attached hydrogens (tertiary/aromatic N) is 2. The van der Waals surface area contributed by atoms with Gasteiger partial charge in [0.15, 0.2) is 0 Å². The van der Waals surface area contributed by atoms with Crippen molar-refractivity contribution in [2.75, 3.05) is 30.0 Å². The van der Waals surface area contributed by atoms with Crippen LogP contribution >= 0.6 is 0 Å². The van der Waals surface area contributed by atoms with Crippen LogP contribution in [0, 0.1) is 5.41 Å². The number of pyridine rings is 1. The Bertz CT molecular complexity index is 847. The summed E-state index contributed by atoms with van der Waals surface area (Å²) in [5.41, 5.74) is 8.33. The molecule has 1 aromatic carbocycles. The van der Waals surface area contributed by atoms with E-state index >= 15 is 0 Å². The van der Waals surface area contributed by atoms with Crippen molar-refractivity contribution in [3.8, 4) is 5.75 Å². The standard InChI is InChI=1S/C19H24N4O2S/c1-12(2)25-14-4-5-17(20)16(9-14)19(21)13-6-7-22-18(8-13)23-10-15(11-23)26(3)24/h4-9,12,15,21H,10-11,20H2,1-3H3. The summed E-state index contributed by atoms with van der Waals surface area (Å²) >= 11 is 0. The van der Waals surface area contributed by atoms with Crippen LogP contribution < -0.4 is 15.4 Å². The number of nitrogens with two attached hydrogens (primary N) is 1. The van der Waals surface area contributed by atoms with E-state index in [9.17, 15) is 4.21 Å². The van der Waals surface area contributed by atoms with Crippen LogP contribution in [0.4, 0.5) is 11.5 Å². The van der Waals surface area contributed by atoms with Crippen molar-refractivity contribution in [3.63, 3.8) is 0 Å². The number of nitrogens with one attached hydrogen (secondary N) is 1. The molecule has 2 aromatic rings. The summed E-state index contributed by atoms with van der Waals surface area (Å²) in [6, 6.07) is 9.07. The Morgan fingerprint density at radius 2 is 2.08 bits per heavy atom. The fourth-order valence-electron chi connectivity index (χ4n) is 2.83. The lowest BCUT2D eigenvalue weighted by Crippen LogP contribution is -2.53. The van der Waals surface area contributed by atoms with Gasteiger partial charge in [0.2, 0.25) is 0 Å². The quantitative estimate of drug-likeness (QED) is 0.600. The number of aromatic nitrogens is 1. The van der Waals surface area contributed by atoms with Gasteiger partial charge in [-0.2, -0.15) is 0 Å². The molecule has 7 heteroatoms. The predicted molar refractivity (Wildman–Crippen MR) is 107 cm³/mol. The van der Waals surface area contributed by atoms with Gasteiger partial charge in [-0.3, -0.25) is 9.62 Å². The molecule has 2 heterocycles. The van der Waals surface area contributed by atoms with E-state index < -0.39 is 10.8 Å². The number of ether oxygens (including phenoxy) is 1. The number of rotatable bonds is 6. The van der Waals surface area contributed by atoms with Crippen molar-refractivity contribution in [1.82, 2.24) is 4.98 Å². The molecule has 1 saturated heterocycles. The maximum atomic E-state index is 11.5. The fourth-order valence-corrected chi connectivity index (χ4v) is 3.61. The Morgan fingerprint density at radius 1 is 1.35 bits per heavy atom. The van der Waals surface area contributed by atoms with Gasteiger partial charge in [0.1, 0.15) is 11.6 Å². The van der Waals surface area contributed by atoms with Crippen LogP contribution in [-0.4, -0.2) is 45.6 Å². The molecule has 3 N–H and O–H groups in total. The third-order valence-electron chi connectivity index (χ3n) is 4.34. The van der Waals surface area contributed by atoms with Gasteiger partial charge >= 0.3 is 0 Å². The predicted octanol–water partition coefficient (Wildman–Crippen LogP) is 2.43. The van der Waals surface area contributed by atoms with Crippen LogP contribution in [0.2, 0.25) is 0 Å². The SMILES string of the molecule is CC(C)Oc1ccc(N)c(C(=N)c2ccnc(N3CC(S(C)=O)C3)c2)c1. The second kappa shape index (κ2) is 7.45. The van der Waals surface area contributed by atoms with Gasteiger partial charge in [-0.25, -0.2) is 4.98 Å². The third kappa shape index (κ3) is 3.88. The van der Waals surface area contributed by atoms with Gasteiger partial charge in [-0.15, -0.1) is 0 Å². The first-order chi connectivity index (χ1) is 12.3. The molecule has 1 fully saturated rings. The zero-order valence-electron chi connectivity index (χ0n) is 15.2. The topological polar surface area (TPSA) is 92.3 Å². The minimum absolute atomic E-state index is 0.0525. The van der Waals surface area contributed by atoms with Crippen molar-refractivity contribution in [1.29, 1.82) is 5.41 Å². The number of benzene rings is 1. The Hall–Kier alpha value is -2.41. The highest BCUT2D eigenvalue weighted by Crippen LogP contribution is 2.26. The molecule has 0 aliphatic carbocycles. The number of nitrogen functional groups attached to an aromatic ring is 1. The molecule has 138 valence electrons. The van der Waals surface area contributed by atoms with Gasteiger partial charge in [-0.1, -0.05) is 0 Å². The van der Waals surface area contributed by atoms with Crippen molar-refractivity contribution >= 4 is 28.0 Å². The summed E-state index contributed by atoms with van der Waals surface area (Å²) in [5.74, 6) is 1.49. The average Bonchev–Trinajstić information content (AvgIpc) is 2.54. The summed E-state index contributed by atoms with van der Waals surface area (Å²) in [5, 5.41) is 8.78. The normalized spacial score (nSPS) is 15.6. The third-order valence-corrected chi connectivity index (χ3v) is 5.58. The molecule has 1 atom stereocenters. The van der Waals surface area contributed by atoms with E-state index in [1.807, 2.05) is 26.0 Å². The van der Waals surface area contributed by atoms with Gasteiger partial charge in [0.05, 0.1) is 17.1 Å². The van der Waals surface area contributed by atoms with E-state index in [4.69, 9.17) is 15.9 Å². The molecule has 3 rings (SSSR count). The lowest BCUT2D eigenvalue weighted by molar-refractivity contribution is 0.242. The summed E-state index contributed by atoms with van der Waals surface area (Å²) in [7, 11) is -0.815. The van der Waals surface area contributed by atoms with Crippen LogP contribution in [0.25, 0.3) is 0 Å². The molecule has 0 bridgehead atoms. The molecule has 0 spiro atoms. The van der Waals surface area contributed by atoms with E-state index in [1.165, 1.54) is 0 Å². The summed E-state index contributed by atoms with van der Waals surface area (Å²) in [6.07, 6.45) is 3.48. The highest BCUT2D eigenvalue weighted by molar-refractivity contribution is 7.85. The zero-order valence-corrected chi connectivity index (χ0v) is 16.0. The van der Waals surface area contributed by atoms with Gasteiger partial charge in [0, 0.05) is 53.2 Å². The lowest BCUT2D eigenvalue weighted by atomic mass is 10.0. The molecule has 0 radical (unpaired) electrons. The first-order valence-electron chi connectivity index (χ1n) is 8.54. The Balaban J connectivity index is 1.82. The van der Waals surface area contributed by atoms with Crippen LogP contribution in [0.3, 0.4) is 0 Å². The van der Waals surface area contributed by atoms with E-state index in [2.05, 4.69) is 9.88 Å². The summed E-state index contributed by atoms with van der Waals surface area (Å²) in [4.78, 5) is 6.46. The van der Waals surface area contributed by atoms with Gasteiger partial charge < -0.3 is 15.4 Å². The number of hydrogen-bond donors (Lipinski definition) is 2. The van der Waals surface area contributed by atoms with E-state index in [0.29, 0.717) is 22.7 Å². The molecule has 1 unspecified atom stereocenters. The molecular formula is C19H24N4O2S. The van der Waals surface area contributed by atoms with E-state index in [-0.39, 0.29) is 11.4 Å². The smallest absolute Gasteiger partial charge is 0.129 e. The van der Waals surface area contributed by atoms with E-state index in [1.54, 1.807) is 30.7 Å². The first-order valence-corrected chi connectivity index (χ1v) is 10.2. The van der Waals surface area contributed by atoms with Gasteiger partial charge in [-0.05, 0) is 44.2 Å². The molecule has 0 saturated carbocycles. The Labute approximate surface area is 156 Å². The first kappa shape index (κ1) is 18.4. The molecule has 1 aliphatic heterocycles. The lowest BCUT2D eigenvalue weighted by Gasteiger charge is -2.38. The highest BCUT2D eigenvalue weighted by atomic mass is 32.2. The maximum absolute atomic E-state index is 11.5. The molecule has 1 aromatic heterocycles. The maximum Gasteiger partial charge on any atom is 0.129 e. The molecule has 26 heavy (non-hydrogen) atoms. The summed E-state index contributed by atoms with van der Waals surface area (Å²) < 4.78 is 17.2. The molecule has 1 aliphatic rings. The Kier molecular flexibility index (Phi) is 5.27. The van der Waals surface area contributed by atoms with Crippen molar-refractivity contribution < 1.29 is 8.95 Å². The van der Waals surface area contributed by atoms with Crippen LogP contribution in [-0.2, 0) is 10.8 Å². The van der Waals surface area contributed by atoms with E-state index in [0.717, 1.165) is 24.5 Å². The second-order valence-corrected chi connectivity index (χ2v) is 8.38. The second-order valence-electron chi connectivity index (χ2n) is 6.72. The molecule has 6 nitrogen and oxygen atoms in total. The van der Waals surface area contributed by atoms with Crippen molar-refractivity contribution in [2.24, 2.45) is 0 Å². The highest BCUT2D eigenvalue weighted by Gasteiger charge is 2.30. The minimum Gasteiger partial charge on any atom is -0.491 e. The molecule has 0 amide bonds. The Morgan fingerprint density at radius 3 is 2.73 bits per heavy atom. The summed E-state index contributed by atoms with van der Waals surface area (Å²) in [6.45, 7) is 5.37. The van der Waals surface area contributed by atoms with Crippen molar-refractivity contribution in [2.45, 2.75) is 25.2 Å².